The van der Waals surface area contributed by atoms with Crippen molar-refractivity contribution in [1.82, 2.24) is 0 Å². The molecule has 144 valence electrons. The summed E-state index contributed by atoms with van der Waals surface area (Å²) in [5.41, 5.74) is 4.55. The molecule has 27 heavy (non-hydrogen) atoms. The fourth-order valence-electron chi connectivity index (χ4n) is 3.58. The molecule has 2 N–H and O–H groups in total. The second-order valence-corrected chi connectivity index (χ2v) is 7.88. The minimum Gasteiger partial charge on any atom is -0.497 e. The summed E-state index contributed by atoms with van der Waals surface area (Å²) >= 11 is 0. The summed E-state index contributed by atoms with van der Waals surface area (Å²) in [4.78, 5) is 14.2. The average molecular weight is 368 g/mol. The Kier molecular flexibility index (Phi) is 6.17. The molecule has 4 heteroatoms. The van der Waals surface area contributed by atoms with E-state index in [9.17, 15) is 4.79 Å². The van der Waals surface area contributed by atoms with E-state index in [2.05, 4.69) is 56.4 Å². The highest BCUT2D eigenvalue weighted by atomic mass is 16.5. The molecule has 0 aromatic heterocycles. The predicted octanol–water partition coefficient (Wildman–Crippen LogP) is 3.31. The third kappa shape index (κ3) is 5.10. The van der Waals surface area contributed by atoms with Gasteiger partial charge in [-0.15, -0.1) is 0 Å². The van der Waals surface area contributed by atoms with Gasteiger partial charge in [-0.3, -0.25) is 4.79 Å². The Hall–Kier alpha value is -2.33. The Morgan fingerprint density at radius 3 is 2.48 bits per heavy atom. The molecule has 1 aliphatic carbocycles. The Labute approximate surface area is 162 Å². The lowest BCUT2D eigenvalue weighted by Crippen LogP contribution is -3.13. The van der Waals surface area contributed by atoms with Gasteiger partial charge < -0.3 is 15.0 Å². The van der Waals surface area contributed by atoms with E-state index < -0.39 is 0 Å². The van der Waals surface area contributed by atoms with E-state index >= 15 is 0 Å². The van der Waals surface area contributed by atoms with Crippen LogP contribution in [0.2, 0.25) is 0 Å². The van der Waals surface area contributed by atoms with Gasteiger partial charge in [0.25, 0.3) is 5.91 Å². The lowest BCUT2D eigenvalue weighted by Gasteiger charge is -2.21. The van der Waals surface area contributed by atoms with Crippen LogP contribution in [0, 0.1) is 6.92 Å². The first kappa shape index (κ1) is 19.4. The number of hydrogen-bond acceptors (Lipinski definition) is 2. The monoisotopic (exact) mass is 367 g/mol. The van der Waals surface area contributed by atoms with Gasteiger partial charge in [0.05, 0.1) is 13.2 Å². The first-order valence-electron chi connectivity index (χ1n) is 9.84. The van der Waals surface area contributed by atoms with E-state index in [0.717, 1.165) is 23.5 Å². The highest BCUT2D eigenvalue weighted by molar-refractivity contribution is 5.93. The van der Waals surface area contributed by atoms with Crippen LogP contribution < -0.4 is 15.0 Å². The van der Waals surface area contributed by atoms with Crippen LogP contribution in [0.5, 0.6) is 5.75 Å². The maximum absolute atomic E-state index is 12.8. The van der Waals surface area contributed by atoms with Crippen molar-refractivity contribution in [1.29, 1.82) is 0 Å². The molecular formula is C23H31N2O2+. The van der Waals surface area contributed by atoms with Gasteiger partial charge in [-0.05, 0) is 48.2 Å². The lowest BCUT2D eigenvalue weighted by atomic mass is 9.98. The van der Waals surface area contributed by atoms with Crippen molar-refractivity contribution in [2.24, 2.45) is 0 Å². The van der Waals surface area contributed by atoms with Gasteiger partial charge in [0.15, 0.2) is 6.54 Å². The van der Waals surface area contributed by atoms with E-state index in [-0.39, 0.29) is 5.91 Å². The second-order valence-electron chi connectivity index (χ2n) is 7.88. The van der Waals surface area contributed by atoms with E-state index in [1.807, 2.05) is 12.1 Å². The molecule has 2 aromatic carbocycles. The van der Waals surface area contributed by atoms with Gasteiger partial charge in [-0.1, -0.05) is 32.0 Å². The maximum Gasteiger partial charge on any atom is 0.279 e. The van der Waals surface area contributed by atoms with Crippen LogP contribution in [0.1, 0.15) is 49.3 Å². The number of carbonyl (C=O) groups is 1. The minimum atomic E-state index is 0.0987. The van der Waals surface area contributed by atoms with Gasteiger partial charge in [0.2, 0.25) is 0 Å². The van der Waals surface area contributed by atoms with Crippen molar-refractivity contribution in [2.45, 2.75) is 52.1 Å². The van der Waals surface area contributed by atoms with E-state index in [1.165, 1.54) is 28.9 Å². The van der Waals surface area contributed by atoms with Crippen LogP contribution in [-0.2, 0) is 11.3 Å². The quantitative estimate of drug-likeness (QED) is 0.752. The second kappa shape index (κ2) is 8.57. The lowest BCUT2D eigenvalue weighted by molar-refractivity contribution is -0.916. The number of amides is 1. The molecule has 2 aromatic rings. The summed E-state index contributed by atoms with van der Waals surface area (Å²) < 4.78 is 5.24. The van der Waals surface area contributed by atoms with Crippen molar-refractivity contribution >= 4 is 11.6 Å². The summed E-state index contributed by atoms with van der Waals surface area (Å²) in [5, 5.41) is 3.20. The van der Waals surface area contributed by atoms with Crippen LogP contribution in [0.15, 0.2) is 42.5 Å². The normalized spacial score (nSPS) is 14.9. The highest BCUT2D eigenvalue weighted by Crippen LogP contribution is 2.27. The topological polar surface area (TPSA) is 42.8 Å². The molecule has 1 unspecified atom stereocenters. The molecule has 0 aliphatic heterocycles. The average Bonchev–Trinajstić information content (AvgIpc) is 3.48. The molecule has 4 nitrogen and oxygen atoms in total. The molecule has 3 rings (SSSR count). The SMILES string of the molecule is COc1ccc(C[NH+](CC(=O)Nc2c(C)cccc2C(C)C)C2CC2)cc1. The summed E-state index contributed by atoms with van der Waals surface area (Å²) in [6.45, 7) is 7.76. The van der Waals surface area contributed by atoms with Crippen molar-refractivity contribution in [3.63, 3.8) is 0 Å². The molecule has 1 atom stereocenters. The molecular weight excluding hydrogens is 336 g/mol. The summed E-state index contributed by atoms with van der Waals surface area (Å²) in [5.74, 6) is 1.35. The van der Waals surface area contributed by atoms with Crippen molar-refractivity contribution in [3.05, 3.63) is 59.2 Å². The van der Waals surface area contributed by atoms with Crippen molar-refractivity contribution in [2.75, 3.05) is 19.0 Å². The number of hydrogen-bond donors (Lipinski definition) is 2. The Balaban J connectivity index is 1.67. The Morgan fingerprint density at radius 2 is 1.89 bits per heavy atom. The van der Waals surface area contributed by atoms with Crippen molar-refractivity contribution in [3.8, 4) is 5.75 Å². The number of ether oxygens (including phenoxy) is 1. The van der Waals surface area contributed by atoms with Crippen LogP contribution in [-0.4, -0.2) is 25.6 Å². The van der Waals surface area contributed by atoms with Gasteiger partial charge in [0, 0.05) is 24.1 Å². The fraction of sp³-hybridized carbons (Fsp3) is 0.435. The first-order valence-corrected chi connectivity index (χ1v) is 9.84. The number of para-hydroxylation sites is 1. The molecule has 0 heterocycles. The molecule has 1 aliphatic rings. The van der Waals surface area contributed by atoms with Gasteiger partial charge in [0.1, 0.15) is 12.3 Å². The molecule has 1 fully saturated rings. The molecule has 0 radical (unpaired) electrons. The highest BCUT2D eigenvalue weighted by Gasteiger charge is 2.34. The third-order valence-corrected chi connectivity index (χ3v) is 5.32. The number of benzene rings is 2. The van der Waals surface area contributed by atoms with E-state index in [1.54, 1.807) is 7.11 Å². The summed E-state index contributed by atoms with van der Waals surface area (Å²) in [6, 6.07) is 15.0. The number of aryl methyl sites for hydroxylation is 1. The molecule has 1 amide bonds. The van der Waals surface area contributed by atoms with E-state index in [4.69, 9.17) is 4.74 Å². The van der Waals surface area contributed by atoms with E-state index in [0.29, 0.717) is 18.5 Å². The summed E-state index contributed by atoms with van der Waals surface area (Å²) in [6.07, 6.45) is 2.42. The number of methoxy groups -OCH3 is 1. The molecule has 0 bridgehead atoms. The van der Waals surface area contributed by atoms with Crippen LogP contribution >= 0.6 is 0 Å². The zero-order chi connectivity index (χ0) is 19.4. The standard InChI is InChI=1S/C23H30N2O2/c1-16(2)21-7-5-6-17(3)23(21)24-22(26)15-25(19-10-11-19)14-18-8-12-20(27-4)13-9-18/h5-9,12-13,16,19H,10-11,14-15H2,1-4H3,(H,24,26)/p+1. The predicted molar refractivity (Wildman–Crippen MR) is 109 cm³/mol. The Bertz CT molecular complexity index is 779. The van der Waals surface area contributed by atoms with Gasteiger partial charge >= 0.3 is 0 Å². The third-order valence-electron chi connectivity index (χ3n) is 5.32. The van der Waals surface area contributed by atoms with Gasteiger partial charge in [-0.25, -0.2) is 0 Å². The molecule has 0 spiro atoms. The largest absolute Gasteiger partial charge is 0.497 e. The number of nitrogens with one attached hydrogen (secondary N) is 2. The van der Waals surface area contributed by atoms with Crippen molar-refractivity contribution < 1.29 is 14.4 Å². The number of quaternary nitrogens is 1. The first-order chi connectivity index (χ1) is 13.0. The smallest absolute Gasteiger partial charge is 0.279 e. The van der Waals surface area contributed by atoms with Gasteiger partial charge in [-0.2, -0.15) is 0 Å². The summed E-state index contributed by atoms with van der Waals surface area (Å²) in [7, 11) is 1.68. The van der Waals surface area contributed by atoms with Crippen LogP contribution in [0.3, 0.4) is 0 Å². The van der Waals surface area contributed by atoms with Crippen LogP contribution in [0.25, 0.3) is 0 Å². The maximum atomic E-state index is 12.8. The number of carbonyl (C=O) groups excluding carboxylic acids is 1. The zero-order valence-electron chi connectivity index (χ0n) is 16.8. The Morgan fingerprint density at radius 1 is 1.19 bits per heavy atom. The molecule has 1 saturated carbocycles. The number of rotatable bonds is 8. The van der Waals surface area contributed by atoms with Crippen LogP contribution in [0.4, 0.5) is 5.69 Å². The zero-order valence-corrected chi connectivity index (χ0v) is 16.8. The number of anilines is 1. The molecule has 0 saturated heterocycles. The fourth-order valence-corrected chi connectivity index (χ4v) is 3.58. The minimum absolute atomic E-state index is 0.0987.